The molecule has 0 bridgehead atoms. The number of ketones is 2. The van der Waals surface area contributed by atoms with Gasteiger partial charge in [0.15, 0.2) is 11.6 Å². The molecule has 1 fully saturated rings. The molecule has 0 amide bonds. The second-order valence-corrected chi connectivity index (χ2v) is 8.74. The average Bonchev–Trinajstić information content (AvgIpc) is 2.59. The maximum atomic E-state index is 12.6. The van der Waals surface area contributed by atoms with Crippen LogP contribution in [0, 0.1) is 0 Å². The van der Waals surface area contributed by atoms with Gasteiger partial charge in [-0.25, -0.2) is 12.7 Å². The number of hydrogen-bond donors (Lipinski definition) is 1. The highest BCUT2D eigenvalue weighted by atomic mass is 32.2. The zero-order valence-corrected chi connectivity index (χ0v) is 15.3. The molecule has 2 aliphatic rings. The van der Waals surface area contributed by atoms with E-state index in [4.69, 9.17) is 9.84 Å². The molecule has 2 heterocycles. The lowest BCUT2D eigenvalue weighted by Gasteiger charge is -2.43. The Morgan fingerprint density at radius 1 is 1.35 bits per heavy atom. The quantitative estimate of drug-likeness (QED) is 0.784. The van der Waals surface area contributed by atoms with Gasteiger partial charge in [0.1, 0.15) is 18.0 Å². The minimum atomic E-state index is -3.24. The molecule has 140 valence electrons. The fraction of sp³-hybridized carbons (Fsp3) is 0.444. The second kappa shape index (κ2) is 6.94. The van der Waals surface area contributed by atoms with Gasteiger partial charge in [-0.1, -0.05) is 12.1 Å². The van der Waals surface area contributed by atoms with Crippen LogP contribution in [-0.2, 0) is 14.8 Å². The van der Waals surface area contributed by atoms with Crippen molar-refractivity contribution in [1.82, 2.24) is 4.31 Å². The molecule has 7 nitrogen and oxygen atoms in total. The topological polar surface area (TPSA) is 101 Å². The van der Waals surface area contributed by atoms with E-state index in [1.54, 1.807) is 24.3 Å². The molecule has 0 radical (unpaired) electrons. The van der Waals surface area contributed by atoms with Gasteiger partial charge in [0, 0.05) is 25.9 Å². The third-order valence-corrected chi connectivity index (χ3v) is 6.14. The van der Waals surface area contributed by atoms with Gasteiger partial charge in [-0.15, -0.1) is 0 Å². The highest BCUT2D eigenvalue weighted by Gasteiger charge is 2.44. The summed E-state index contributed by atoms with van der Waals surface area (Å²) in [6.07, 6.45) is 5.14. The van der Waals surface area contributed by atoms with Gasteiger partial charge < -0.3 is 9.84 Å². The van der Waals surface area contributed by atoms with Crippen molar-refractivity contribution in [3.63, 3.8) is 0 Å². The number of rotatable bonds is 4. The molecule has 1 aromatic carbocycles. The lowest BCUT2D eigenvalue weighted by atomic mass is 9.82. The van der Waals surface area contributed by atoms with Crippen LogP contribution in [0.4, 0.5) is 0 Å². The third kappa shape index (κ3) is 3.87. The normalized spacial score (nSPS) is 20.2. The van der Waals surface area contributed by atoms with Crippen molar-refractivity contribution in [3.8, 4) is 5.75 Å². The van der Waals surface area contributed by atoms with E-state index >= 15 is 0 Å². The van der Waals surface area contributed by atoms with Crippen molar-refractivity contribution >= 4 is 27.7 Å². The van der Waals surface area contributed by atoms with Crippen molar-refractivity contribution in [2.75, 3.05) is 26.0 Å². The maximum absolute atomic E-state index is 12.6. The van der Waals surface area contributed by atoms with E-state index in [9.17, 15) is 18.0 Å². The van der Waals surface area contributed by atoms with E-state index < -0.39 is 28.0 Å². The third-order valence-electron chi connectivity index (χ3n) is 4.83. The number of sulfonamides is 1. The van der Waals surface area contributed by atoms with Crippen LogP contribution in [0.25, 0.3) is 6.08 Å². The fourth-order valence-electron chi connectivity index (χ4n) is 3.36. The zero-order chi connectivity index (χ0) is 18.9. The molecule has 0 aliphatic carbocycles. The lowest BCUT2D eigenvalue weighted by molar-refractivity contribution is -0.117. The summed E-state index contributed by atoms with van der Waals surface area (Å²) in [5, 5.41) is 8.74. The Bertz CT molecular complexity index is 866. The van der Waals surface area contributed by atoms with E-state index in [2.05, 4.69) is 0 Å². The fourth-order valence-corrected chi connectivity index (χ4v) is 4.21. The number of nitrogens with zero attached hydrogens (tertiary/aromatic N) is 1. The van der Waals surface area contributed by atoms with Crippen LogP contribution >= 0.6 is 0 Å². The number of aliphatic hydroxyl groups is 1. The Labute approximate surface area is 152 Å². The molecule has 1 saturated heterocycles. The molecule has 0 aromatic heterocycles. The van der Waals surface area contributed by atoms with Crippen LogP contribution in [0.2, 0.25) is 0 Å². The molecule has 1 spiro atoms. The van der Waals surface area contributed by atoms with Crippen molar-refractivity contribution in [2.24, 2.45) is 0 Å². The van der Waals surface area contributed by atoms with Crippen molar-refractivity contribution < 1.29 is 27.9 Å². The van der Waals surface area contributed by atoms with Gasteiger partial charge >= 0.3 is 0 Å². The predicted octanol–water partition coefficient (Wildman–Crippen LogP) is 1.02. The molecule has 0 atom stereocenters. The lowest BCUT2D eigenvalue weighted by Crippen LogP contribution is -2.52. The van der Waals surface area contributed by atoms with Crippen molar-refractivity contribution in [3.05, 3.63) is 35.4 Å². The molecule has 26 heavy (non-hydrogen) atoms. The van der Waals surface area contributed by atoms with Gasteiger partial charge in [-0.2, -0.15) is 0 Å². The number of aliphatic hydroxyl groups excluding tert-OH is 1. The highest BCUT2D eigenvalue weighted by Crippen LogP contribution is 2.40. The summed E-state index contributed by atoms with van der Waals surface area (Å²) in [5.74, 6) is 0.0179. The van der Waals surface area contributed by atoms with Crippen LogP contribution in [0.15, 0.2) is 24.3 Å². The Hall–Kier alpha value is -2.03. The average molecular weight is 379 g/mol. The molecule has 3 rings (SSSR count). The number of Topliss-reactive ketones (excluding diaryl/α,β-unsaturated/α-hetero) is 1. The Morgan fingerprint density at radius 3 is 2.65 bits per heavy atom. The SMILES string of the molecule is CS(=O)(=O)N1CCC2(CC1)CC(=O)c1cc(/C=C/C(=O)CO)ccc1O2. The number of carbonyl (C=O) groups excluding carboxylic acids is 2. The second-order valence-electron chi connectivity index (χ2n) is 6.76. The van der Waals surface area contributed by atoms with Gasteiger partial charge in [0.2, 0.25) is 10.0 Å². The monoisotopic (exact) mass is 379 g/mol. The Morgan fingerprint density at radius 2 is 2.04 bits per heavy atom. The largest absolute Gasteiger partial charge is 0.486 e. The van der Waals surface area contributed by atoms with Crippen molar-refractivity contribution in [2.45, 2.75) is 24.9 Å². The van der Waals surface area contributed by atoms with E-state index in [1.165, 1.54) is 16.6 Å². The Balaban J connectivity index is 1.78. The Kier molecular flexibility index (Phi) is 5.01. The first-order chi connectivity index (χ1) is 12.2. The van der Waals surface area contributed by atoms with Crippen LogP contribution in [0.3, 0.4) is 0 Å². The molecule has 1 aromatic rings. The van der Waals surface area contributed by atoms with Gasteiger partial charge in [-0.05, 0) is 23.8 Å². The van der Waals surface area contributed by atoms with Crippen molar-refractivity contribution in [1.29, 1.82) is 0 Å². The smallest absolute Gasteiger partial charge is 0.211 e. The summed E-state index contributed by atoms with van der Waals surface area (Å²) in [6, 6.07) is 5.09. The molecule has 1 N–H and O–H groups in total. The van der Waals surface area contributed by atoms with E-state index in [1.807, 2.05) is 0 Å². The first-order valence-corrected chi connectivity index (χ1v) is 10.2. The number of hydrogen-bond acceptors (Lipinski definition) is 6. The van der Waals surface area contributed by atoms with E-state index in [-0.39, 0.29) is 12.2 Å². The van der Waals surface area contributed by atoms with Gasteiger partial charge in [0.25, 0.3) is 0 Å². The van der Waals surface area contributed by atoms with Gasteiger partial charge in [0.05, 0.1) is 18.2 Å². The van der Waals surface area contributed by atoms with E-state index in [0.717, 1.165) is 0 Å². The van der Waals surface area contributed by atoms with Crippen LogP contribution in [-0.4, -0.2) is 60.9 Å². The summed E-state index contributed by atoms with van der Waals surface area (Å²) in [4.78, 5) is 23.8. The summed E-state index contributed by atoms with van der Waals surface area (Å²) in [6.45, 7) is 0.119. The molecular formula is C18H21NO6S. The number of piperidine rings is 1. The zero-order valence-electron chi connectivity index (χ0n) is 14.5. The summed E-state index contributed by atoms with van der Waals surface area (Å²) >= 11 is 0. The molecule has 8 heteroatoms. The predicted molar refractivity (Wildman–Crippen MR) is 95.5 cm³/mol. The maximum Gasteiger partial charge on any atom is 0.211 e. The summed E-state index contributed by atoms with van der Waals surface area (Å²) in [5.41, 5.74) is 0.472. The van der Waals surface area contributed by atoms with Crippen LogP contribution in [0.1, 0.15) is 35.2 Å². The summed E-state index contributed by atoms with van der Waals surface area (Å²) < 4.78 is 30.9. The number of carbonyl (C=O) groups is 2. The minimum Gasteiger partial charge on any atom is -0.486 e. The first kappa shape index (κ1) is 18.8. The number of fused-ring (bicyclic) bond motifs is 1. The molecule has 0 unspecified atom stereocenters. The number of benzene rings is 1. The molecule has 0 saturated carbocycles. The first-order valence-electron chi connectivity index (χ1n) is 8.36. The molecule has 2 aliphatic heterocycles. The standard InChI is InChI=1S/C18H21NO6S/c1-26(23,24)19-8-6-18(7-9-19)11-16(22)15-10-13(2-4-14(21)12-20)3-5-17(15)25-18/h2-5,10,20H,6-9,11-12H2,1H3/b4-2+. The minimum absolute atomic E-state index is 0.0530. The highest BCUT2D eigenvalue weighted by molar-refractivity contribution is 7.88. The summed E-state index contributed by atoms with van der Waals surface area (Å²) in [7, 11) is -3.24. The molecular weight excluding hydrogens is 358 g/mol. The van der Waals surface area contributed by atoms with Crippen LogP contribution in [0.5, 0.6) is 5.75 Å². The number of ether oxygens (including phenoxy) is 1. The van der Waals surface area contributed by atoms with Crippen LogP contribution < -0.4 is 4.74 Å². The van der Waals surface area contributed by atoms with E-state index in [0.29, 0.717) is 42.8 Å². The van der Waals surface area contributed by atoms with Gasteiger partial charge in [-0.3, -0.25) is 9.59 Å².